The Kier molecular flexibility index (Phi) is 4.45. The van der Waals surface area contributed by atoms with Gasteiger partial charge in [0.05, 0.1) is 0 Å². The molecule has 0 spiro atoms. The molecular weight excluding hydrogens is 286 g/mol. The maximum absolute atomic E-state index is 2.44. The average Bonchev–Trinajstić information content (AvgIpc) is 2.11. The van der Waals surface area contributed by atoms with Crippen molar-refractivity contribution in [2.45, 2.75) is 78.6 Å². The zero-order chi connectivity index (χ0) is 15.2. The molecule has 1 aromatic carbocycles. The fourth-order valence-electron chi connectivity index (χ4n) is 2.33. The Labute approximate surface area is 130 Å². The van der Waals surface area contributed by atoms with Gasteiger partial charge in [0.2, 0.25) is 0 Å². The van der Waals surface area contributed by atoms with Crippen LogP contribution in [0, 0.1) is 0 Å². The Hall–Kier alpha value is -0.144. The van der Waals surface area contributed by atoms with Crippen LogP contribution in [0.2, 0.25) is 0 Å². The number of hydrogen-bond donors (Lipinski definition) is 0. The number of rotatable bonds is 0. The van der Waals surface area contributed by atoms with E-state index in [1.165, 1.54) is 20.8 Å². The first-order valence-electron chi connectivity index (χ1n) is 7.19. The van der Waals surface area contributed by atoms with E-state index in [-0.39, 0.29) is 16.2 Å². The van der Waals surface area contributed by atoms with Gasteiger partial charge in [0.15, 0.2) is 0 Å². The van der Waals surface area contributed by atoms with E-state index < -0.39 is 0 Å². The quantitative estimate of drug-likeness (QED) is 0.624. The zero-order valence-corrected chi connectivity index (χ0v) is 16.7. The predicted molar refractivity (Wildman–Crippen MR) is 87.9 cm³/mol. The Morgan fingerprint density at radius 1 is 0.632 bits per heavy atom. The maximum atomic E-state index is 2.44. The van der Waals surface area contributed by atoms with Gasteiger partial charge in [-0.2, -0.15) is 0 Å². The van der Waals surface area contributed by atoms with E-state index in [1.54, 1.807) is 18.6 Å². The molecule has 0 aliphatic rings. The summed E-state index contributed by atoms with van der Waals surface area (Å²) in [5, 5.41) is 0. The molecular formula is C18H29Ga. The molecule has 0 amide bonds. The fourth-order valence-corrected chi connectivity index (χ4v) is 4.49. The zero-order valence-electron chi connectivity index (χ0n) is 14.2. The van der Waals surface area contributed by atoms with Crippen LogP contribution in [-0.4, -0.2) is 18.6 Å². The molecule has 2 radical (unpaired) electrons. The first-order valence-corrected chi connectivity index (χ1v) is 8.40. The second-order valence-corrected chi connectivity index (χ2v) is 9.95. The van der Waals surface area contributed by atoms with E-state index in [4.69, 9.17) is 0 Å². The van der Waals surface area contributed by atoms with Gasteiger partial charge < -0.3 is 0 Å². The summed E-state index contributed by atoms with van der Waals surface area (Å²) in [7, 11) is 0. The second kappa shape index (κ2) is 5.00. The van der Waals surface area contributed by atoms with E-state index in [0.29, 0.717) is 0 Å². The van der Waals surface area contributed by atoms with Crippen LogP contribution in [0.15, 0.2) is 12.1 Å². The van der Waals surface area contributed by atoms with Crippen molar-refractivity contribution in [2.24, 2.45) is 0 Å². The Bertz CT molecular complexity index is 427. The van der Waals surface area contributed by atoms with Gasteiger partial charge >= 0.3 is 130 Å². The van der Waals surface area contributed by atoms with Crippen LogP contribution < -0.4 is 4.12 Å². The first-order chi connectivity index (χ1) is 8.24. The Morgan fingerprint density at radius 2 is 0.947 bits per heavy atom. The van der Waals surface area contributed by atoms with E-state index in [1.807, 2.05) is 0 Å². The molecule has 0 atom stereocenters. The molecule has 0 heterocycles. The molecule has 1 rings (SSSR count). The molecule has 0 aromatic heterocycles. The molecule has 0 bridgehead atoms. The van der Waals surface area contributed by atoms with Crippen molar-refractivity contribution >= 4 is 22.7 Å². The Balaban J connectivity index is 3.68. The van der Waals surface area contributed by atoms with E-state index in [9.17, 15) is 0 Å². The van der Waals surface area contributed by atoms with E-state index in [2.05, 4.69) is 74.4 Å². The van der Waals surface area contributed by atoms with Gasteiger partial charge in [-0.15, -0.1) is 0 Å². The van der Waals surface area contributed by atoms with Crippen LogP contribution in [0.1, 0.15) is 79.0 Å². The predicted octanol–water partition coefficient (Wildman–Crippen LogP) is 4.37. The van der Waals surface area contributed by atoms with Crippen molar-refractivity contribution in [3.8, 4) is 0 Å². The van der Waals surface area contributed by atoms with Crippen LogP contribution in [0.4, 0.5) is 0 Å². The molecule has 0 aliphatic heterocycles. The molecule has 0 nitrogen and oxygen atoms in total. The Morgan fingerprint density at radius 3 is 1.16 bits per heavy atom. The number of benzene rings is 1. The minimum absolute atomic E-state index is 0.209. The van der Waals surface area contributed by atoms with Crippen LogP contribution in [0.5, 0.6) is 0 Å². The minimum atomic E-state index is 0.209. The molecule has 19 heavy (non-hydrogen) atoms. The topological polar surface area (TPSA) is 0 Å². The third-order valence-electron chi connectivity index (χ3n) is 3.66. The third kappa shape index (κ3) is 3.92. The molecule has 0 unspecified atom stereocenters. The van der Waals surface area contributed by atoms with Crippen LogP contribution in [0.3, 0.4) is 0 Å². The molecule has 1 heteroatoms. The molecule has 0 saturated carbocycles. The van der Waals surface area contributed by atoms with Crippen LogP contribution >= 0.6 is 0 Å². The van der Waals surface area contributed by atoms with Crippen molar-refractivity contribution in [1.82, 2.24) is 0 Å². The van der Waals surface area contributed by atoms with E-state index in [0.717, 1.165) is 0 Å². The second-order valence-electron chi connectivity index (χ2n) is 8.74. The van der Waals surface area contributed by atoms with Gasteiger partial charge in [0, 0.05) is 0 Å². The van der Waals surface area contributed by atoms with Crippen molar-refractivity contribution in [3.05, 3.63) is 28.8 Å². The van der Waals surface area contributed by atoms with Gasteiger partial charge in [-0.25, -0.2) is 0 Å². The first kappa shape index (κ1) is 16.9. The van der Waals surface area contributed by atoms with Gasteiger partial charge in [-0.05, 0) is 0 Å². The van der Waals surface area contributed by atoms with Crippen molar-refractivity contribution in [2.75, 3.05) is 0 Å². The SMILES string of the molecule is CC(C)(C)c1cc(C(C)(C)C)[c]([Ga])c(C(C)(C)C)c1. The summed E-state index contributed by atoms with van der Waals surface area (Å²) < 4.78 is 1.53. The molecule has 1 aromatic rings. The van der Waals surface area contributed by atoms with Gasteiger partial charge in [0.25, 0.3) is 0 Å². The summed E-state index contributed by atoms with van der Waals surface area (Å²) in [5.74, 6) is 0. The van der Waals surface area contributed by atoms with Crippen LogP contribution in [-0.2, 0) is 16.2 Å². The van der Waals surface area contributed by atoms with Gasteiger partial charge in [-0.3, -0.25) is 0 Å². The molecule has 0 N–H and O–H groups in total. The number of hydrogen-bond acceptors (Lipinski definition) is 0. The van der Waals surface area contributed by atoms with Crippen molar-refractivity contribution < 1.29 is 0 Å². The average molecular weight is 315 g/mol. The third-order valence-corrected chi connectivity index (χ3v) is 4.97. The van der Waals surface area contributed by atoms with Crippen LogP contribution in [0.25, 0.3) is 0 Å². The standard InChI is InChI=1S/C18H29.Ga/c1-16(2,3)13-10-14(17(4,5)6)12-15(11-13)18(7,8)9;/h10-11H,1-9H3;. The summed E-state index contributed by atoms with van der Waals surface area (Å²) in [6, 6.07) is 4.87. The normalized spacial score (nSPS) is 13.7. The van der Waals surface area contributed by atoms with Crippen molar-refractivity contribution in [1.29, 1.82) is 0 Å². The summed E-state index contributed by atoms with van der Waals surface area (Å²) in [6.45, 7) is 20.9. The molecule has 0 fully saturated rings. The summed E-state index contributed by atoms with van der Waals surface area (Å²) >= 11 is 1.76. The van der Waals surface area contributed by atoms with Gasteiger partial charge in [0.1, 0.15) is 0 Å². The summed E-state index contributed by atoms with van der Waals surface area (Å²) in [6.07, 6.45) is 0. The monoisotopic (exact) mass is 314 g/mol. The summed E-state index contributed by atoms with van der Waals surface area (Å²) in [4.78, 5) is 0. The van der Waals surface area contributed by atoms with Gasteiger partial charge in [-0.1, -0.05) is 0 Å². The molecule has 0 aliphatic carbocycles. The molecule has 0 saturated heterocycles. The molecule has 104 valence electrons. The fraction of sp³-hybridized carbons (Fsp3) is 0.667. The van der Waals surface area contributed by atoms with Crippen molar-refractivity contribution in [3.63, 3.8) is 0 Å². The summed E-state index contributed by atoms with van der Waals surface area (Å²) in [5.41, 5.74) is 5.14. The van der Waals surface area contributed by atoms with E-state index >= 15 is 0 Å².